The van der Waals surface area contributed by atoms with Gasteiger partial charge in [0.1, 0.15) is 10.6 Å². The summed E-state index contributed by atoms with van der Waals surface area (Å²) in [6.45, 7) is 0.775. The van der Waals surface area contributed by atoms with Crippen LogP contribution in [0, 0.1) is 0 Å². The van der Waals surface area contributed by atoms with Crippen LogP contribution in [-0.4, -0.2) is 21.2 Å². The smallest absolute Gasteiger partial charge is 0.263 e. The van der Waals surface area contributed by atoms with Gasteiger partial charge in [-0.05, 0) is 48.9 Å². The molecule has 1 N–H and O–H groups in total. The Kier molecular flexibility index (Phi) is 6.14. The van der Waals surface area contributed by atoms with E-state index < -0.39 is 0 Å². The van der Waals surface area contributed by atoms with E-state index in [0.29, 0.717) is 24.0 Å². The largest absolute Gasteiger partial charge is 0.467 e. The van der Waals surface area contributed by atoms with Crippen LogP contribution in [0.3, 0.4) is 0 Å². The molecule has 3 heterocycles. The molecule has 0 spiro atoms. The minimum atomic E-state index is -0.0942. The highest BCUT2D eigenvalue weighted by Gasteiger charge is 2.23. The van der Waals surface area contributed by atoms with E-state index in [1.54, 1.807) is 22.2 Å². The van der Waals surface area contributed by atoms with Crippen LogP contribution in [-0.2, 0) is 30.7 Å². The van der Waals surface area contributed by atoms with E-state index in [0.717, 1.165) is 41.5 Å². The Labute approximate surface area is 193 Å². The topological polar surface area (TPSA) is 77.1 Å². The highest BCUT2D eigenvalue weighted by molar-refractivity contribution is 7.99. The number of nitrogens with one attached hydrogen (secondary N) is 1. The maximum absolute atomic E-state index is 13.5. The summed E-state index contributed by atoms with van der Waals surface area (Å²) in [6, 6.07) is 13.4. The molecule has 0 atom stereocenters. The fourth-order valence-electron chi connectivity index (χ4n) is 4.01. The molecule has 8 heteroatoms. The van der Waals surface area contributed by atoms with E-state index in [-0.39, 0.29) is 17.2 Å². The summed E-state index contributed by atoms with van der Waals surface area (Å²) in [5, 5.41) is 4.23. The first kappa shape index (κ1) is 21.0. The molecular formula is C24H23N3O3S2. The fourth-order valence-corrected chi connectivity index (χ4v) is 6.14. The molecule has 4 aromatic rings. The first-order valence-electron chi connectivity index (χ1n) is 10.7. The van der Waals surface area contributed by atoms with E-state index in [1.807, 2.05) is 42.5 Å². The second-order valence-electron chi connectivity index (χ2n) is 7.81. The molecule has 0 radical (unpaired) electrons. The molecule has 32 heavy (non-hydrogen) atoms. The predicted molar refractivity (Wildman–Crippen MR) is 127 cm³/mol. The van der Waals surface area contributed by atoms with Crippen LogP contribution in [0.25, 0.3) is 10.2 Å². The Hall–Kier alpha value is -2.84. The number of furan rings is 1. The zero-order valence-electron chi connectivity index (χ0n) is 17.5. The zero-order chi connectivity index (χ0) is 21.9. The monoisotopic (exact) mass is 465 g/mol. The number of aryl methyl sites for hydroxylation is 2. The van der Waals surface area contributed by atoms with E-state index in [4.69, 9.17) is 9.40 Å². The van der Waals surface area contributed by atoms with Crippen LogP contribution in [0.1, 0.15) is 34.6 Å². The minimum Gasteiger partial charge on any atom is -0.467 e. The van der Waals surface area contributed by atoms with Gasteiger partial charge >= 0.3 is 0 Å². The quantitative estimate of drug-likeness (QED) is 0.324. The lowest BCUT2D eigenvalue weighted by Crippen LogP contribution is -2.27. The number of hydrogen-bond donors (Lipinski definition) is 1. The van der Waals surface area contributed by atoms with Gasteiger partial charge in [0.05, 0.1) is 23.9 Å². The van der Waals surface area contributed by atoms with Crippen molar-refractivity contribution in [2.75, 3.05) is 5.75 Å². The number of hydrogen-bond acceptors (Lipinski definition) is 6. The molecule has 0 unspecified atom stereocenters. The number of carbonyl (C=O) groups excluding carboxylic acids is 1. The Morgan fingerprint density at radius 1 is 1.16 bits per heavy atom. The van der Waals surface area contributed by atoms with Crippen LogP contribution in [0.15, 0.2) is 63.1 Å². The molecule has 1 aromatic carbocycles. The number of aromatic nitrogens is 2. The van der Waals surface area contributed by atoms with Gasteiger partial charge in [0, 0.05) is 11.4 Å². The molecule has 0 aliphatic heterocycles. The lowest BCUT2D eigenvalue weighted by Gasteiger charge is -2.13. The van der Waals surface area contributed by atoms with Crippen molar-refractivity contribution in [1.29, 1.82) is 0 Å². The number of amides is 1. The Bertz CT molecular complexity index is 1290. The third-order valence-electron chi connectivity index (χ3n) is 5.60. The average Bonchev–Trinajstić information content (AvgIpc) is 3.46. The molecule has 0 bridgehead atoms. The van der Waals surface area contributed by atoms with Crippen LogP contribution in [0.2, 0.25) is 0 Å². The third kappa shape index (κ3) is 4.38. The summed E-state index contributed by atoms with van der Waals surface area (Å²) in [7, 11) is 0. The summed E-state index contributed by atoms with van der Waals surface area (Å²) in [4.78, 5) is 32.9. The van der Waals surface area contributed by atoms with Crippen LogP contribution in [0.5, 0.6) is 0 Å². The molecule has 1 aliphatic rings. The van der Waals surface area contributed by atoms with E-state index >= 15 is 0 Å². The second-order valence-corrected chi connectivity index (χ2v) is 9.83. The first-order chi connectivity index (χ1) is 15.7. The van der Waals surface area contributed by atoms with E-state index in [9.17, 15) is 9.59 Å². The molecule has 1 amide bonds. The molecule has 3 aromatic heterocycles. The first-order valence-corrected chi connectivity index (χ1v) is 12.5. The minimum absolute atomic E-state index is 0.0435. The van der Waals surface area contributed by atoms with E-state index in [2.05, 4.69) is 5.32 Å². The maximum Gasteiger partial charge on any atom is 0.263 e. The van der Waals surface area contributed by atoms with Crippen molar-refractivity contribution < 1.29 is 9.21 Å². The molecule has 0 fully saturated rings. The van der Waals surface area contributed by atoms with Crippen molar-refractivity contribution in [3.63, 3.8) is 0 Å². The van der Waals surface area contributed by atoms with Crippen LogP contribution >= 0.6 is 23.1 Å². The Balaban J connectivity index is 1.41. The normalized spacial score (nSPS) is 13.2. The van der Waals surface area contributed by atoms with Gasteiger partial charge in [0.15, 0.2) is 5.16 Å². The molecule has 164 valence electrons. The standard InChI is InChI=1S/C24H23N3O3S2/c28-20(25-13-16-7-2-1-3-8-16)15-31-24-26-22-21(18-10-4-5-11-19(18)32-22)23(29)27(24)14-17-9-6-12-30-17/h1-3,6-9,12H,4-5,10-11,13-15H2,(H,25,28). The molecule has 5 rings (SSSR count). The van der Waals surface area contributed by atoms with Gasteiger partial charge in [-0.15, -0.1) is 11.3 Å². The number of nitrogens with zero attached hydrogens (tertiary/aromatic N) is 2. The molecule has 0 saturated heterocycles. The maximum atomic E-state index is 13.5. The SMILES string of the molecule is O=C(CSc1nc2sc3c(c2c(=O)n1Cc1ccco1)CCCC3)NCc1ccccc1. The van der Waals surface area contributed by atoms with Crippen molar-refractivity contribution in [2.24, 2.45) is 0 Å². The number of thioether (sulfide) groups is 1. The van der Waals surface area contributed by atoms with Gasteiger partial charge in [-0.2, -0.15) is 0 Å². The number of carbonyl (C=O) groups is 1. The Morgan fingerprint density at radius 2 is 2.00 bits per heavy atom. The van der Waals surface area contributed by atoms with Crippen molar-refractivity contribution in [3.05, 3.63) is 80.8 Å². The number of rotatable bonds is 7. The average molecular weight is 466 g/mol. The molecule has 0 saturated carbocycles. The van der Waals surface area contributed by atoms with E-state index in [1.165, 1.54) is 22.2 Å². The number of benzene rings is 1. The number of thiophene rings is 1. The highest BCUT2D eigenvalue weighted by atomic mass is 32.2. The third-order valence-corrected chi connectivity index (χ3v) is 7.76. The van der Waals surface area contributed by atoms with Crippen molar-refractivity contribution >= 4 is 39.2 Å². The summed E-state index contributed by atoms with van der Waals surface area (Å²) in [5.41, 5.74) is 2.17. The van der Waals surface area contributed by atoms with Gasteiger partial charge in [0.25, 0.3) is 5.56 Å². The van der Waals surface area contributed by atoms with Gasteiger partial charge in [-0.25, -0.2) is 4.98 Å². The van der Waals surface area contributed by atoms with Crippen molar-refractivity contribution in [3.8, 4) is 0 Å². The van der Waals surface area contributed by atoms with Crippen LogP contribution < -0.4 is 10.9 Å². The predicted octanol–water partition coefficient (Wildman–Crippen LogP) is 4.39. The molecule has 6 nitrogen and oxygen atoms in total. The summed E-state index contributed by atoms with van der Waals surface area (Å²) in [6.07, 6.45) is 5.81. The highest BCUT2D eigenvalue weighted by Crippen LogP contribution is 2.34. The summed E-state index contributed by atoms with van der Waals surface area (Å²) >= 11 is 2.92. The lowest BCUT2D eigenvalue weighted by molar-refractivity contribution is -0.118. The lowest BCUT2D eigenvalue weighted by atomic mass is 9.97. The molecular weight excluding hydrogens is 442 g/mol. The number of fused-ring (bicyclic) bond motifs is 3. The van der Waals surface area contributed by atoms with Crippen LogP contribution in [0.4, 0.5) is 0 Å². The van der Waals surface area contributed by atoms with Gasteiger partial charge < -0.3 is 9.73 Å². The van der Waals surface area contributed by atoms with Gasteiger partial charge in [0.2, 0.25) is 5.91 Å². The second kappa shape index (κ2) is 9.34. The summed E-state index contributed by atoms with van der Waals surface area (Å²) in [5.74, 6) is 0.782. The summed E-state index contributed by atoms with van der Waals surface area (Å²) < 4.78 is 7.14. The van der Waals surface area contributed by atoms with Crippen molar-refractivity contribution in [1.82, 2.24) is 14.9 Å². The zero-order valence-corrected chi connectivity index (χ0v) is 19.1. The van der Waals surface area contributed by atoms with Crippen molar-refractivity contribution in [2.45, 2.75) is 43.9 Å². The van der Waals surface area contributed by atoms with Gasteiger partial charge in [-0.1, -0.05) is 42.1 Å². The fraction of sp³-hybridized carbons (Fsp3) is 0.292. The van der Waals surface area contributed by atoms with Gasteiger partial charge in [-0.3, -0.25) is 14.2 Å². The molecule has 1 aliphatic carbocycles. The Morgan fingerprint density at radius 3 is 2.81 bits per heavy atom.